The van der Waals surface area contributed by atoms with E-state index in [9.17, 15) is 9.59 Å². The molecule has 3 N–H and O–H groups in total. The average Bonchev–Trinajstić information content (AvgIpc) is 3.17. The average molecular weight is 428 g/mol. The van der Waals surface area contributed by atoms with Gasteiger partial charge in [0.1, 0.15) is 0 Å². The molecule has 6 nitrogen and oxygen atoms in total. The molecule has 0 unspecified atom stereocenters. The number of carbonyl (C=O) groups excluding carboxylic acids is 2. The number of hydroxylamine groups is 1. The van der Waals surface area contributed by atoms with Crippen LogP contribution in [0.3, 0.4) is 0 Å². The summed E-state index contributed by atoms with van der Waals surface area (Å²) in [6.45, 7) is 1.23. The van der Waals surface area contributed by atoms with Crippen LogP contribution in [0.2, 0.25) is 0 Å². The van der Waals surface area contributed by atoms with Gasteiger partial charge in [-0.25, -0.2) is 5.48 Å². The topological polar surface area (TPSA) is 83.4 Å². The molecule has 2 amide bonds. The molecule has 32 heavy (non-hydrogen) atoms. The lowest BCUT2D eigenvalue weighted by molar-refractivity contribution is -0.120. The molecule has 0 aliphatic carbocycles. The van der Waals surface area contributed by atoms with Crippen LogP contribution in [-0.2, 0) is 24.2 Å². The van der Waals surface area contributed by atoms with Gasteiger partial charge in [-0.15, -0.1) is 0 Å². The Morgan fingerprint density at radius 3 is 2.31 bits per heavy atom. The summed E-state index contributed by atoms with van der Waals surface area (Å²) < 4.78 is 2.18. The first-order chi connectivity index (χ1) is 15.6. The number of rotatable bonds is 8. The molecule has 0 saturated carbocycles. The van der Waals surface area contributed by atoms with Crippen LogP contribution in [0.1, 0.15) is 27.0 Å². The molecule has 0 atom stereocenters. The van der Waals surface area contributed by atoms with Crippen molar-refractivity contribution in [2.24, 2.45) is 0 Å². The van der Waals surface area contributed by atoms with Gasteiger partial charge < -0.3 is 9.88 Å². The molecule has 0 saturated heterocycles. The van der Waals surface area contributed by atoms with Crippen molar-refractivity contribution < 1.29 is 14.8 Å². The highest BCUT2D eigenvalue weighted by molar-refractivity contribution is 5.93. The second-order valence-electron chi connectivity index (χ2n) is 7.70. The fourth-order valence-corrected chi connectivity index (χ4v) is 3.86. The highest BCUT2D eigenvalue weighted by Crippen LogP contribution is 2.23. The number of nitrogens with zero attached hydrogens (tertiary/aromatic N) is 1. The molecule has 6 heteroatoms. The van der Waals surface area contributed by atoms with Gasteiger partial charge in [-0.05, 0) is 41.3 Å². The lowest BCUT2D eigenvalue weighted by atomic mass is 10.1. The first-order valence-corrected chi connectivity index (χ1v) is 10.5. The maximum absolute atomic E-state index is 12.2. The minimum absolute atomic E-state index is 0.0203. The number of nitrogens with one attached hydrogen (secondary N) is 2. The molecule has 0 spiro atoms. The highest BCUT2D eigenvalue weighted by atomic mass is 16.5. The maximum Gasteiger partial charge on any atom is 0.274 e. The Labute approximate surface area is 186 Å². The van der Waals surface area contributed by atoms with E-state index in [0.717, 1.165) is 23.1 Å². The van der Waals surface area contributed by atoms with Crippen molar-refractivity contribution in [3.63, 3.8) is 0 Å². The van der Waals surface area contributed by atoms with Crippen LogP contribution in [0.15, 0.2) is 85.1 Å². The zero-order valence-electron chi connectivity index (χ0n) is 17.6. The minimum atomic E-state index is -0.528. The monoisotopic (exact) mass is 427 g/mol. The number of para-hydroxylation sites is 1. The standard InChI is InChI=1S/C26H25N3O3/c30-25(16-19-6-2-1-3-7-19)27-15-14-22-18-29(24-9-5-4-8-23(22)24)17-20-10-12-21(13-11-20)26(31)28-32/h1-13,18,32H,14-17H2,(H,27,30)(H,28,31). The molecule has 0 aliphatic rings. The van der Waals surface area contributed by atoms with E-state index in [1.165, 1.54) is 10.9 Å². The number of carbonyl (C=O) groups is 2. The van der Waals surface area contributed by atoms with Crippen molar-refractivity contribution in [1.29, 1.82) is 0 Å². The van der Waals surface area contributed by atoms with E-state index in [1.54, 1.807) is 17.6 Å². The fraction of sp³-hybridized carbons (Fsp3) is 0.154. The van der Waals surface area contributed by atoms with Crippen molar-refractivity contribution in [3.05, 3.63) is 107 Å². The summed E-state index contributed by atoms with van der Waals surface area (Å²) in [5, 5.41) is 12.9. The molecule has 4 rings (SSSR count). The number of benzene rings is 3. The Hall–Kier alpha value is -3.90. The number of hydrogen-bond acceptors (Lipinski definition) is 3. The van der Waals surface area contributed by atoms with Crippen molar-refractivity contribution in [2.45, 2.75) is 19.4 Å². The first kappa shape index (κ1) is 21.3. The van der Waals surface area contributed by atoms with Gasteiger partial charge in [0, 0.05) is 35.8 Å². The van der Waals surface area contributed by atoms with Crippen LogP contribution in [0.5, 0.6) is 0 Å². The second-order valence-corrected chi connectivity index (χ2v) is 7.70. The zero-order valence-corrected chi connectivity index (χ0v) is 17.6. The van der Waals surface area contributed by atoms with Crippen LogP contribution < -0.4 is 10.8 Å². The third-order valence-electron chi connectivity index (χ3n) is 5.47. The van der Waals surface area contributed by atoms with Crippen LogP contribution in [0.4, 0.5) is 0 Å². The van der Waals surface area contributed by atoms with E-state index in [1.807, 2.05) is 54.6 Å². The molecule has 0 fully saturated rings. The van der Waals surface area contributed by atoms with Crippen molar-refractivity contribution >= 4 is 22.7 Å². The van der Waals surface area contributed by atoms with Gasteiger partial charge in [0.15, 0.2) is 0 Å². The van der Waals surface area contributed by atoms with E-state index in [4.69, 9.17) is 5.21 Å². The van der Waals surface area contributed by atoms with E-state index in [0.29, 0.717) is 25.1 Å². The quantitative estimate of drug-likeness (QED) is 0.296. The molecular formula is C26H25N3O3. The smallest absolute Gasteiger partial charge is 0.274 e. The van der Waals surface area contributed by atoms with Gasteiger partial charge in [0.25, 0.3) is 5.91 Å². The van der Waals surface area contributed by atoms with Gasteiger partial charge in [-0.1, -0.05) is 60.7 Å². The van der Waals surface area contributed by atoms with Gasteiger partial charge in [-0.2, -0.15) is 0 Å². The van der Waals surface area contributed by atoms with Crippen LogP contribution >= 0.6 is 0 Å². The van der Waals surface area contributed by atoms with Gasteiger partial charge in [0.05, 0.1) is 6.42 Å². The normalized spacial score (nSPS) is 10.8. The number of fused-ring (bicyclic) bond motifs is 1. The van der Waals surface area contributed by atoms with Crippen LogP contribution in [-0.4, -0.2) is 28.1 Å². The third kappa shape index (κ3) is 5.04. The fourth-order valence-electron chi connectivity index (χ4n) is 3.86. The Kier molecular flexibility index (Phi) is 6.63. The summed E-state index contributed by atoms with van der Waals surface area (Å²) in [6.07, 6.45) is 3.25. The third-order valence-corrected chi connectivity index (χ3v) is 5.47. The van der Waals surface area contributed by atoms with Gasteiger partial charge in [0.2, 0.25) is 5.91 Å². The number of hydrogen-bond donors (Lipinski definition) is 3. The SMILES string of the molecule is O=C(Cc1ccccc1)NCCc1cn(Cc2ccc(C(=O)NO)cc2)c2ccccc12. The van der Waals surface area contributed by atoms with Gasteiger partial charge >= 0.3 is 0 Å². The molecule has 1 heterocycles. The zero-order chi connectivity index (χ0) is 22.3. The predicted molar refractivity (Wildman–Crippen MR) is 124 cm³/mol. The molecule has 4 aromatic rings. The van der Waals surface area contributed by atoms with E-state index < -0.39 is 5.91 Å². The summed E-state index contributed by atoms with van der Waals surface area (Å²) in [4.78, 5) is 23.8. The Morgan fingerprint density at radius 2 is 1.56 bits per heavy atom. The molecule has 0 aliphatic heterocycles. The second kappa shape index (κ2) is 9.94. The molecule has 162 valence electrons. The summed E-state index contributed by atoms with van der Waals surface area (Å²) in [7, 11) is 0. The largest absolute Gasteiger partial charge is 0.355 e. The number of amides is 2. The molecule has 0 bridgehead atoms. The molecule has 0 radical (unpaired) electrons. The summed E-state index contributed by atoms with van der Waals surface area (Å²) in [5.74, 6) is -0.508. The Morgan fingerprint density at radius 1 is 0.844 bits per heavy atom. The van der Waals surface area contributed by atoms with Crippen LogP contribution in [0.25, 0.3) is 10.9 Å². The first-order valence-electron chi connectivity index (χ1n) is 10.5. The summed E-state index contributed by atoms with van der Waals surface area (Å²) in [5.41, 5.74) is 6.39. The van der Waals surface area contributed by atoms with E-state index in [-0.39, 0.29) is 5.91 Å². The molecule has 3 aromatic carbocycles. The Bertz CT molecular complexity index is 1210. The lowest BCUT2D eigenvalue weighted by Crippen LogP contribution is -2.27. The molecular weight excluding hydrogens is 402 g/mol. The van der Waals surface area contributed by atoms with Crippen molar-refractivity contribution in [1.82, 2.24) is 15.4 Å². The van der Waals surface area contributed by atoms with E-state index >= 15 is 0 Å². The van der Waals surface area contributed by atoms with Crippen molar-refractivity contribution in [3.8, 4) is 0 Å². The molecule has 1 aromatic heterocycles. The van der Waals surface area contributed by atoms with Gasteiger partial charge in [-0.3, -0.25) is 14.8 Å². The summed E-state index contributed by atoms with van der Waals surface area (Å²) in [6, 6.07) is 25.1. The highest BCUT2D eigenvalue weighted by Gasteiger charge is 2.10. The van der Waals surface area contributed by atoms with E-state index in [2.05, 4.69) is 28.2 Å². The maximum atomic E-state index is 12.2. The predicted octanol–water partition coefficient (Wildman–Crippen LogP) is 3.71. The number of aromatic nitrogens is 1. The minimum Gasteiger partial charge on any atom is -0.355 e. The lowest BCUT2D eigenvalue weighted by Gasteiger charge is -2.07. The Balaban J connectivity index is 1.43. The van der Waals surface area contributed by atoms with Crippen molar-refractivity contribution in [2.75, 3.05) is 6.54 Å². The summed E-state index contributed by atoms with van der Waals surface area (Å²) >= 11 is 0. The van der Waals surface area contributed by atoms with Crippen LogP contribution in [0, 0.1) is 0 Å².